The minimum absolute atomic E-state index is 0.0609. The van der Waals surface area contributed by atoms with Crippen LogP contribution in [-0.4, -0.2) is 56.7 Å². The van der Waals surface area contributed by atoms with Crippen LogP contribution < -0.4 is 5.43 Å². The fourth-order valence-corrected chi connectivity index (χ4v) is 3.83. The number of hydrazine groups is 1. The highest BCUT2D eigenvalue weighted by molar-refractivity contribution is 6.31. The second kappa shape index (κ2) is 7.93. The molecule has 0 radical (unpaired) electrons. The van der Waals surface area contributed by atoms with Gasteiger partial charge >= 0.3 is 6.09 Å². The van der Waals surface area contributed by atoms with Gasteiger partial charge in [-0.1, -0.05) is 17.7 Å². The molecule has 0 aliphatic carbocycles. The molecule has 0 saturated carbocycles. The maximum absolute atomic E-state index is 12.6. The Balaban J connectivity index is 1.62. The van der Waals surface area contributed by atoms with Crippen LogP contribution in [0.15, 0.2) is 30.3 Å². The average Bonchev–Trinajstić information content (AvgIpc) is 2.61. The number of nitrogens with one attached hydrogen (secondary N) is 1. The van der Waals surface area contributed by atoms with E-state index >= 15 is 0 Å². The Morgan fingerprint density at radius 2 is 1.89 bits per heavy atom. The number of rotatable bonds is 3. The smallest absolute Gasteiger partial charge is 0.407 e. The van der Waals surface area contributed by atoms with Gasteiger partial charge in [0.2, 0.25) is 0 Å². The second-order valence-electron chi connectivity index (χ2n) is 8.02. The van der Waals surface area contributed by atoms with Gasteiger partial charge < -0.3 is 10.0 Å². The van der Waals surface area contributed by atoms with Crippen molar-refractivity contribution in [3.8, 4) is 0 Å². The van der Waals surface area contributed by atoms with E-state index in [0.717, 1.165) is 5.39 Å². The van der Waals surface area contributed by atoms with Crippen LogP contribution in [-0.2, 0) is 0 Å². The molecular formula is C20H25ClN4O3. The second-order valence-corrected chi connectivity index (χ2v) is 8.45. The average molecular weight is 405 g/mol. The number of carboxylic acid groups (broad SMARTS) is 1. The van der Waals surface area contributed by atoms with Gasteiger partial charge in [0.25, 0.3) is 5.91 Å². The highest BCUT2D eigenvalue weighted by Gasteiger charge is 2.35. The number of hydrogen-bond donors (Lipinski definition) is 2. The number of halogens is 1. The molecule has 1 aliphatic rings. The molecule has 2 N–H and O–H groups in total. The molecule has 7 nitrogen and oxygen atoms in total. The summed E-state index contributed by atoms with van der Waals surface area (Å²) in [4.78, 5) is 30.1. The Labute approximate surface area is 169 Å². The lowest BCUT2D eigenvalue weighted by Crippen LogP contribution is -2.56. The number of piperidine rings is 1. The highest BCUT2D eigenvalue weighted by Crippen LogP contribution is 2.24. The fraction of sp³-hybridized carbons (Fsp3) is 0.450. The predicted octanol–water partition coefficient (Wildman–Crippen LogP) is 3.78. The van der Waals surface area contributed by atoms with Crippen LogP contribution in [0.2, 0.25) is 5.02 Å². The van der Waals surface area contributed by atoms with Crippen molar-refractivity contribution in [2.75, 3.05) is 13.1 Å². The van der Waals surface area contributed by atoms with Gasteiger partial charge in [-0.05, 0) is 57.9 Å². The Hall–Kier alpha value is -2.38. The lowest BCUT2D eigenvalue weighted by Gasteiger charge is -2.43. The zero-order valence-electron chi connectivity index (χ0n) is 16.3. The number of carbonyl (C=O) groups is 2. The van der Waals surface area contributed by atoms with Gasteiger partial charge in [0.15, 0.2) is 0 Å². The number of fused-ring (bicyclic) bond motifs is 1. The van der Waals surface area contributed by atoms with Crippen molar-refractivity contribution in [2.45, 2.75) is 45.2 Å². The van der Waals surface area contributed by atoms with E-state index in [1.807, 2.05) is 31.8 Å². The summed E-state index contributed by atoms with van der Waals surface area (Å²) in [5.74, 6) is -0.277. The maximum atomic E-state index is 12.6. The number of carbonyl (C=O) groups excluding carboxylic acids is 1. The van der Waals surface area contributed by atoms with Crippen LogP contribution in [0.5, 0.6) is 0 Å². The number of amides is 2. The van der Waals surface area contributed by atoms with Crippen LogP contribution in [0.1, 0.15) is 44.1 Å². The Bertz CT molecular complexity index is 889. The summed E-state index contributed by atoms with van der Waals surface area (Å²) in [6.45, 7) is 6.86. The van der Waals surface area contributed by atoms with Crippen molar-refractivity contribution in [3.63, 3.8) is 0 Å². The molecule has 1 saturated heterocycles. The minimum Gasteiger partial charge on any atom is -0.465 e. The van der Waals surface area contributed by atoms with E-state index in [1.165, 1.54) is 4.90 Å². The van der Waals surface area contributed by atoms with Crippen molar-refractivity contribution in [1.29, 1.82) is 0 Å². The van der Waals surface area contributed by atoms with E-state index in [0.29, 0.717) is 42.2 Å². The number of hydrogen-bond acceptors (Lipinski definition) is 4. The van der Waals surface area contributed by atoms with E-state index in [2.05, 4.69) is 10.4 Å². The van der Waals surface area contributed by atoms with Crippen molar-refractivity contribution >= 4 is 34.5 Å². The summed E-state index contributed by atoms with van der Waals surface area (Å²) in [6.07, 6.45) is 0.413. The third-order valence-corrected chi connectivity index (χ3v) is 5.14. The highest BCUT2D eigenvalue weighted by atomic mass is 35.5. The first-order chi connectivity index (χ1) is 13.1. The van der Waals surface area contributed by atoms with Crippen molar-refractivity contribution in [1.82, 2.24) is 20.3 Å². The third-order valence-electron chi connectivity index (χ3n) is 4.90. The molecule has 1 aromatic carbocycles. The molecule has 0 unspecified atom stereocenters. The SMILES string of the molecule is CC(C)(C)N(C(=O)O)C1CCN(NC(=O)c2ccc3cc(Cl)ccc3n2)CC1. The number of pyridine rings is 1. The lowest BCUT2D eigenvalue weighted by molar-refractivity contribution is 0.0291. The molecule has 2 aromatic rings. The lowest BCUT2D eigenvalue weighted by atomic mass is 9.97. The maximum Gasteiger partial charge on any atom is 0.407 e. The molecule has 2 heterocycles. The van der Waals surface area contributed by atoms with Crippen molar-refractivity contribution in [2.24, 2.45) is 0 Å². The molecule has 0 spiro atoms. The summed E-state index contributed by atoms with van der Waals surface area (Å²) in [7, 11) is 0. The molecule has 3 rings (SSSR count). The van der Waals surface area contributed by atoms with E-state index in [-0.39, 0.29) is 11.9 Å². The van der Waals surface area contributed by atoms with Crippen LogP contribution in [0.4, 0.5) is 4.79 Å². The van der Waals surface area contributed by atoms with Gasteiger partial charge in [0.1, 0.15) is 5.69 Å². The summed E-state index contributed by atoms with van der Waals surface area (Å²) in [6, 6.07) is 8.77. The summed E-state index contributed by atoms with van der Waals surface area (Å²) in [5.41, 5.74) is 3.46. The summed E-state index contributed by atoms with van der Waals surface area (Å²) in [5, 5.41) is 12.9. The predicted molar refractivity (Wildman–Crippen MR) is 108 cm³/mol. The fourth-order valence-electron chi connectivity index (χ4n) is 3.65. The normalized spacial score (nSPS) is 16.1. The molecule has 150 valence electrons. The Morgan fingerprint density at radius 3 is 2.50 bits per heavy atom. The summed E-state index contributed by atoms with van der Waals surface area (Å²) >= 11 is 5.98. The van der Waals surface area contributed by atoms with Gasteiger partial charge in [-0.25, -0.2) is 14.8 Å². The van der Waals surface area contributed by atoms with E-state index < -0.39 is 11.6 Å². The number of nitrogens with zero attached hydrogens (tertiary/aromatic N) is 3. The van der Waals surface area contributed by atoms with Gasteiger partial charge in [-0.2, -0.15) is 0 Å². The molecule has 0 bridgehead atoms. The van der Waals surface area contributed by atoms with Crippen molar-refractivity contribution < 1.29 is 14.7 Å². The Kier molecular flexibility index (Phi) is 5.76. The molecule has 28 heavy (non-hydrogen) atoms. The minimum atomic E-state index is -0.907. The zero-order chi connectivity index (χ0) is 20.5. The monoisotopic (exact) mass is 404 g/mol. The van der Waals surface area contributed by atoms with Gasteiger partial charge in [-0.15, -0.1) is 0 Å². The molecule has 8 heteroatoms. The first-order valence-electron chi connectivity index (χ1n) is 9.29. The third kappa shape index (κ3) is 4.54. The van der Waals surface area contributed by atoms with Crippen molar-refractivity contribution in [3.05, 3.63) is 41.0 Å². The van der Waals surface area contributed by atoms with Gasteiger partial charge in [0, 0.05) is 35.1 Å². The molecule has 1 fully saturated rings. The first-order valence-corrected chi connectivity index (χ1v) is 9.67. The van der Waals surface area contributed by atoms with E-state index in [9.17, 15) is 14.7 Å². The van der Waals surface area contributed by atoms with E-state index in [4.69, 9.17) is 11.6 Å². The number of aromatic nitrogens is 1. The van der Waals surface area contributed by atoms with E-state index in [1.54, 1.807) is 24.3 Å². The molecule has 0 atom stereocenters. The topological polar surface area (TPSA) is 85.8 Å². The van der Waals surface area contributed by atoms with Crippen LogP contribution in [0.3, 0.4) is 0 Å². The van der Waals surface area contributed by atoms with Gasteiger partial charge in [0.05, 0.1) is 5.52 Å². The zero-order valence-corrected chi connectivity index (χ0v) is 17.0. The largest absolute Gasteiger partial charge is 0.465 e. The molecular weight excluding hydrogens is 380 g/mol. The quantitative estimate of drug-likeness (QED) is 0.813. The van der Waals surface area contributed by atoms with Crippen LogP contribution in [0, 0.1) is 0 Å². The Morgan fingerprint density at radius 1 is 1.21 bits per heavy atom. The van der Waals surface area contributed by atoms with Crippen LogP contribution in [0.25, 0.3) is 10.9 Å². The van der Waals surface area contributed by atoms with Crippen LogP contribution >= 0.6 is 11.6 Å². The first kappa shape index (κ1) is 20.4. The standard InChI is InChI=1S/C20H25ClN4O3/c1-20(2,3)25(19(27)28)15-8-10-24(11-9-15)23-18(26)17-6-4-13-12-14(21)5-7-16(13)22-17/h4-7,12,15H,8-11H2,1-3H3,(H,23,26)(H,27,28). The van der Waals surface area contributed by atoms with Gasteiger partial charge in [-0.3, -0.25) is 10.2 Å². The molecule has 2 amide bonds. The summed E-state index contributed by atoms with van der Waals surface area (Å²) < 4.78 is 0. The molecule has 1 aromatic heterocycles. The molecule has 1 aliphatic heterocycles. The number of benzene rings is 1.